The maximum absolute atomic E-state index is 12.4. The average molecular weight is 372 g/mol. The molecule has 1 fully saturated rings. The predicted molar refractivity (Wildman–Crippen MR) is 95.8 cm³/mol. The summed E-state index contributed by atoms with van der Waals surface area (Å²) >= 11 is 0. The van der Waals surface area contributed by atoms with Crippen molar-refractivity contribution in [1.82, 2.24) is 10.2 Å². The van der Waals surface area contributed by atoms with Gasteiger partial charge in [-0.1, -0.05) is 0 Å². The number of ether oxygens (including phenoxy) is 3. The molecule has 1 aliphatic rings. The summed E-state index contributed by atoms with van der Waals surface area (Å²) in [6.45, 7) is 9.96. The SMILES string of the molecule is CCOC(=O)NCCC(=O)O[C@@H](C)[C@@H]1CCCCN1C(=O)OC(C)(C)C. The molecular weight excluding hydrogens is 340 g/mol. The summed E-state index contributed by atoms with van der Waals surface area (Å²) in [7, 11) is 0. The first kappa shape index (κ1) is 22.1. The van der Waals surface area contributed by atoms with Gasteiger partial charge in [-0.15, -0.1) is 0 Å². The number of alkyl carbamates (subject to hydrolysis) is 1. The number of likely N-dealkylation sites (tertiary alicyclic amines) is 1. The molecule has 0 aromatic rings. The number of hydrogen-bond donors (Lipinski definition) is 1. The number of carbonyl (C=O) groups excluding carboxylic acids is 3. The highest BCUT2D eigenvalue weighted by molar-refractivity contribution is 5.72. The topological polar surface area (TPSA) is 94.2 Å². The highest BCUT2D eigenvalue weighted by Gasteiger charge is 2.35. The van der Waals surface area contributed by atoms with Gasteiger partial charge in [0.25, 0.3) is 0 Å². The first-order valence-electron chi connectivity index (χ1n) is 9.23. The zero-order valence-corrected chi connectivity index (χ0v) is 16.5. The third-order valence-corrected chi connectivity index (χ3v) is 3.91. The van der Waals surface area contributed by atoms with E-state index in [0.717, 1.165) is 19.3 Å². The highest BCUT2D eigenvalue weighted by Crippen LogP contribution is 2.24. The van der Waals surface area contributed by atoms with Gasteiger partial charge in [0.15, 0.2) is 0 Å². The van der Waals surface area contributed by atoms with Crippen molar-refractivity contribution < 1.29 is 28.6 Å². The van der Waals surface area contributed by atoms with E-state index >= 15 is 0 Å². The molecule has 1 saturated heterocycles. The van der Waals surface area contributed by atoms with Crippen LogP contribution in [0.3, 0.4) is 0 Å². The molecule has 0 radical (unpaired) electrons. The maximum Gasteiger partial charge on any atom is 0.410 e. The van der Waals surface area contributed by atoms with Crippen LogP contribution < -0.4 is 5.32 Å². The van der Waals surface area contributed by atoms with Gasteiger partial charge in [0, 0.05) is 13.1 Å². The molecule has 2 atom stereocenters. The highest BCUT2D eigenvalue weighted by atomic mass is 16.6. The number of nitrogens with one attached hydrogen (secondary N) is 1. The number of carbonyl (C=O) groups is 3. The zero-order valence-electron chi connectivity index (χ0n) is 16.5. The molecule has 8 heteroatoms. The molecule has 26 heavy (non-hydrogen) atoms. The average Bonchev–Trinajstić information content (AvgIpc) is 2.53. The summed E-state index contributed by atoms with van der Waals surface area (Å²) < 4.78 is 15.6. The van der Waals surface area contributed by atoms with Crippen LogP contribution in [-0.4, -0.2) is 60.5 Å². The van der Waals surface area contributed by atoms with Crippen LogP contribution >= 0.6 is 0 Å². The molecule has 0 bridgehead atoms. The van der Waals surface area contributed by atoms with E-state index in [4.69, 9.17) is 14.2 Å². The summed E-state index contributed by atoms with van der Waals surface area (Å²) in [4.78, 5) is 37.3. The van der Waals surface area contributed by atoms with Crippen LogP contribution in [0.5, 0.6) is 0 Å². The van der Waals surface area contributed by atoms with E-state index in [-0.39, 0.29) is 31.7 Å². The number of hydrogen-bond acceptors (Lipinski definition) is 6. The molecule has 0 spiro atoms. The number of amides is 2. The molecule has 0 aliphatic carbocycles. The number of rotatable bonds is 6. The number of esters is 1. The number of piperidine rings is 1. The lowest BCUT2D eigenvalue weighted by Crippen LogP contribution is -2.51. The lowest BCUT2D eigenvalue weighted by Gasteiger charge is -2.39. The van der Waals surface area contributed by atoms with Gasteiger partial charge in [-0.05, 0) is 53.9 Å². The number of nitrogens with zero attached hydrogens (tertiary/aromatic N) is 1. The first-order chi connectivity index (χ1) is 12.1. The smallest absolute Gasteiger partial charge is 0.410 e. The zero-order chi connectivity index (χ0) is 19.7. The normalized spacial score (nSPS) is 18.7. The fraction of sp³-hybridized carbons (Fsp3) is 0.833. The van der Waals surface area contributed by atoms with Crippen molar-refractivity contribution in [3.63, 3.8) is 0 Å². The van der Waals surface area contributed by atoms with Gasteiger partial charge in [0.05, 0.1) is 19.1 Å². The fourth-order valence-electron chi connectivity index (χ4n) is 2.79. The summed E-state index contributed by atoms with van der Waals surface area (Å²) in [6.07, 6.45) is 1.29. The van der Waals surface area contributed by atoms with Crippen LogP contribution in [0.1, 0.15) is 60.3 Å². The van der Waals surface area contributed by atoms with Crippen LogP contribution in [0.4, 0.5) is 9.59 Å². The van der Waals surface area contributed by atoms with Gasteiger partial charge in [-0.3, -0.25) is 4.79 Å². The molecule has 1 rings (SSSR count). The Kier molecular flexibility index (Phi) is 8.68. The predicted octanol–water partition coefficient (Wildman–Crippen LogP) is 2.84. The minimum atomic E-state index is -0.572. The van der Waals surface area contributed by atoms with Gasteiger partial charge < -0.3 is 24.4 Å². The van der Waals surface area contributed by atoms with Gasteiger partial charge in [-0.25, -0.2) is 9.59 Å². The van der Waals surface area contributed by atoms with E-state index in [9.17, 15) is 14.4 Å². The van der Waals surface area contributed by atoms with Crippen LogP contribution in [0, 0.1) is 0 Å². The van der Waals surface area contributed by atoms with Gasteiger partial charge in [-0.2, -0.15) is 0 Å². The van der Waals surface area contributed by atoms with Crippen LogP contribution in [0.2, 0.25) is 0 Å². The van der Waals surface area contributed by atoms with Crippen molar-refractivity contribution in [3.05, 3.63) is 0 Å². The second kappa shape index (κ2) is 10.2. The van der Waals surface area contributed by atoms with E-state index in [1.54, 1.807) is 18.7 Å². The Labute approximate surface area is 155 Å². The minimum Gasteiger partial charge on any atom is -0.460 e. The van der Waals surface area contributed by atoms with Crippen LogP contribution in [-0.2, 0) is 19.0 Å². The van der Waals surface area contributed by atoms with Crippen molar-refractivity contribution >= 4 is 18.2 Å². The molecule has 1 heterocycles. The maximum atomic E-state index is 12.4. The largest absolute Gasteiger partial charge is 0.460 e. The summed E-state index contributed by atoms with van der Waals surface area (Å²) in [5.74, 6) is -0.427. The van der Waals surface area contributed by atoms with Crippen molar-refractivity contribution in [2.75, 3.05) is 19.7 Å². The van der Waals surface area contributed by atoms with Gasteiger partial charge in [0.2, 0.25) is 0 Å². The second-order valence-corrected chi connectivity index (χ2v) is 7.33. The molecule has 0 aromatic carbocycles. The summed E-state index contributed by atoms with van der Waals surface area (Å²) in [5.41, 5.74) is -0.572. The van der Waals surface area contributed by atoms with Crippen LogP contribution in [0.15, 0.2) is 0 Å². The molecule has 1 N–H and O–H groups in total. The van der Waals surface area contributed by atoms with E-state index < -0.39 is 23.8 Å². The van der Waals surface area contributed by atoms with E-state index in [2.05, 4.69) is 5.32 Å². The summed E-state index contributed by atoms with van der Waals surface area (Å²) in [5, 5.41) is 2.47. The standard InChI is InChI=1S/C18H32N2O6/c1-6-24-16(22)19-11-10-15(21)25-13(2)14-9-7-8-12-20(14)17(23)26-18(3,4)5/h13-14H,6-12H2,1-5H3,(H,19,22)/t13-,14-/m0/s1. The second-order valence-electron chi connectivity index (χ2n) is 7.33. The first-order valence-corrected chi connectivity index (χ1v) is 9.23. The molecule has 150 valence electrons. The molecular formula is C18H32N2O6. The Morgan fingerprint density at radius 2 is 1.92 bits per heavy atom. The van der Waals surface area contributed by atoms with Crippen molar-refractivity contribution in [2.24, 2.45) is 0 Å². The Hall–Kier alpha value is -1.99. The van der Waals surface area contributed by atoms with E-state index in [0.29, 0.717) is 6.54 Å². The molecule has 0 unspecified atom stereocenters. The Bertz CT molecular complexity index is 489. The molecule has 1 aliphatic heterocycles. The fourth-order valence-corrected chi connectivity index (χ4v) is 2.79. The third kappa shape index (κ3) is 7.93. The van der Waals surface area contributed by atoms with E-state index in [1.165, 1.54) is 0 Å². The Balaban J connectivity index is 2.51. The molecule has 0 aromatic heterocycles. The quantitative estimate of drug-likeness (QED) is 0.569. The Morgan fingerprint density at radius 3 is 2.54 bits per heavy atom. The Morgan fingerprint density at radius 1 is 1.23 bits per heavy atom. The van der Waals surface area contributed by atoms with Crippen LogP contribution in [0.25, 0.3) is 0 Å². The van der Waals surface area contributed by atoms with Gasteiger partial charge >= 0.3 is 18.2 Å². The lowest BCUT2D eigenvalue weighted by atomic mass is 9.98. The van der Waals surface area contributed by atoms with E-state index in [1.807, 2.05) is 20.8 Å². The van der Waals surface area contributed by atoms with Crippen molar-refractivity contribution in [2.45, 2.75) is 78.0 Å². The van der Waals surface area contributed by atoms with Gasteiger partial charge in [0.1, 0.15) is 11.7 Å². The van der Waals surface area contributed by atoms with Crippen molar-refractivity contribution in [3.8, 4) is 0 Å². The minimum absolute atomic E-state index is 0.0440. The lowest BCUT2D eigenvalue weighted by molar-refractivity contribution is -0.152. The monoisotopic (exact) mass is 372 g/mol. The summed E-state index contributed by atoms with van der Waals surface area (Å²) in [6, 6.07) is -0.208. The molecule has 0 saturated carbocycles. The molecule has 8 nitrogen and oxygen atoms in total. The third-order valence-electron chi connectivity index (χ3n) is 3.91. The van der Waals surface area contributed by atoms with Crippen molar-refractivity contribution in [1.29, 1.82) is 0 Å². The molecule has 2 amide bonds.